The molecular weight excluding hydrogens is 302 g/mol. The van der Waals surface area contributed by atoms with Crippen LogP contribution in [-0.2, 0) is 10.0 Å². The third-order valence-electron chi connectivity index (χ3n) is 3.62. The highest BCUT2D eigenvalue weighted by atomic mass is 32.2. The van der Waals surface area contributed by atoms with E-state index in [0.29, 0.717) is 21.1 Å². The number of hydrogen-bond acceptors (Lipinski definition) is 5. The van der Waals surface area contributed by atoms with Crippen molar-refractivity contribution in [1.82, 2.24) is 5.16 Å². The Morgan fingerprint density at radius 3 is 2.45 bits per heavy atom. The van der Waals surface area contributed by atoms with Gasteiger partial charge in [0, 0.05) is 10.9 Å². The molecular formula is C15H15N3O3S. The first-order valence-corrected chi connectivity index (χ1v) is 8.07. The van der Waals surface area contributed by atoms with Gasteiger partial charge in [0.25, 0.3) is 15.9 Å². The predicted octanol–water partition coefficient (Wildman–Crippen LogP) is 2.51. The maximum absolute atomic E-state index is 12.8. The van der Waals surface area contributed by atoms with Crippen molar-refractivity contribution in [3.05, 3.63) is 53.7 Å². The van der Waals surface area contributed by atoms with Gasteiger partial charge in [0.1, 0.15) is 0 Å². The topological polar surface area (TPSA) is 89.4 Å². The van der Waals surface area contributed by atoms with Gasteiger partial charge in [-0.25, -0.2) is 5.84 Å². The van der Waals surface area contributed by atoms with Crippen molar-refractivity contribution in [3.8, 4) is 0 Å². The van der Waals surface area contributed by atoms with Crippen LogP contribution in [0.2, 0.25) is 0 Å². The Balaban J connectivity index is 2.18. The third kappa shape index (κ3) is 2.15. The Morgan fingerprint density at radius 2 is 1.77 bits per heavy atom. The van der Waals surface area contributed by atoms with E-state index in [1.807, 2.05) is 18.2 Å². The van der Waals surface area contributed by atoms with E-state index in [-0.39, 0.29) is 10.8 Å². The van der Waals surface area contributed by atoms with Crippen LogP contribution < -0.4 is 10.3 Å². The molecule has 0 fully saturated rings. The minimum atomic E-state index is -3.95. The Bertz CT molecular complexity index is 942. The molecule has 114 valence electrons. The van der Waals surface area contributed by atoms with E-state index in [2.05, 4.69) is 5.16 Å². The van der Waals surface area contributed by atoms with Crippen LogP contribution in [-0.4, -0.2) is 13.6 Å². The SMILES string of the molecule is Cc1noc(N(N)S(=O)(=O)c2cccc3ccccc23)c1C. The first-order valence-electron chi connectivity index (χ1n) is 6.63. The number of aromatic nitrogens is 1. The van der Waals surface area contributed by atoms with Gasteiger partial charge in [-0.15, -0.1) is 0 Å². The number of sulfonamides is 1. The van der Waals surface area contributed by atoms with E-state index >= 15 is 0 Å². The lowest BCUT2D eigenvalue weighted by atomic mass is 10.1. The smallest absolute Gasteiger partial charge is 0.280 e. The Labute approximate surface area is 128 Å². The molecule has 0 aliphatic rings. The standard InChI is InChI=1S/C15H15N3O3S/c1-10-11(2)17-21-15(10)18(16)22(19,20)14-9-5-7-12-6-3-4-8-13(12)14/h3-9H,16H2,1-2H3. The molecule has 0 saturated carbocycles. The van der Waals surface area contributed by atoms with Crippen molar-refractivity contribution in [3.63, 3.8) is 0 Å². The molecule has 3 aromatic rings. The van der Waals surface area contributed by atoms with E-state index in [4.69, 9.17) is 10.4 Å². The molecule has 0 aliphatic carbocycles. The number of nitrogens with two attached hydrogens (primary N) is 1. The molecule has 7 heteroatoms. The number of fused-ring (bicyclic) bond motifs is 1. The number of nitrogens with zero attached hydrogens (tertiary/aromatic N) is 2. The molecule has 0 bridgehead atoms. The fraction of sp³-hybridized carbons (Fsp3) is 0.133. The Hall–Kier alpha value is -2.38. The summed E-state index contributed by atoms with van der Waals surface area (Å²) in [4.78, 5) is 0.126. The molecule has 22 heavy (non-hydrogen) atoms. The van der Waals surface area contributed by atoms with Crippen LogP contribution in [0, 0.1) is 13.8 Å². The van der Waals surface area contributed by atoms with Gasteiger partial charge in [0.2, 0.25) is 0 Å². The number of aryl methyl sites for hydroxylation is 1. The van der Waals surface area contributed by atoms with Crippen LogP contribution in [0.5, 0.6) is 0 Å². The van der Waals surface area contributed by atoms with Gasteiger partial charge in [-0.05, 0) is 25.3 Å². The van der Waals surface area contributed by atoms with Crippen molar-refractivity contribution in [2.24, 2.45) is 5.84 Å². The zero-order valence-corrected chi connectivity index (χ0v) is 13.0. The number of hydrogen-bond donors (Lipinski definition) is 1. The van der Waals surface area contributed by atoms with Crippen molar-refractivity contribution >= 4 is 26.7 Å². The fourth-order valence-electron chi connectivity index (χ4n) is 2.24. The molecule has 6 nitrogen and oxygen atoms in total. The van der Waals surface area contributed by atoms with Crippen molar-refractivity contribution in [1.29, 1.82) is 0 Å². The largest absolute Gasteiger partial charge is 0.336 e. The van der Waals surface area contributed by atoms with Gasteiger partial charge >= 0.3 is 0 Å². The average molecular weight is 317 g/mol. The molecule has 2 N–H and O–H groups in total. The average Bonchev–Trinajstić information content (AvgIpc) is 2.85. The highest BCUT2D eigenvalue weighted by Crippen LogP contribution is 2.29. The summed E-state index contributed by atoms with van der Waals surface area (Å²) in [5, 5.41) is 5.17. The zero-order valence-electron chi connectivity index (χ0n) is 12.1. The van der Waals surface area contributed by atoms with E-state index in [1.165, 1.54) is 6.07 Å². The third-order valence-corrected chi connectivity index (χ3v) is 5.21. The van der Waals surface area contributed by atoms with Gasteiger partial charge in [-0.3, -0.25) is 0 Å². The molecule has 0 atom stereocenters. The van der Waals surface area contributed by atoms with Crippen molar-refractivity contribution < 1.29 is 12.9 Å². The number of benzene rings is 2. The van der Waals surface area contributed by atoms with Crippen molar-refractivity contribution in [2.45, 2.75) is 18.7 Å². The highest BCUT2D eigenvalue weighted by molar-refractivity contribution is 7.93. The minimum Gasteiger partial charge on any atom is -0.336 e. The van der Waals surface area contributed by atoms with E-state index in [9.17, 15) is 8.42 Å². The summed E-state index contributed by atoms with van der Waals surface area (Å²) in [7, 11) is -3.95. The minimum absolute atomic E-state index is 0.0189. The summed E-state index contributed by atoms with van der Waals surface area (Å²) in [6.45, 7) is 3.43. The number of anilines is 1. The summed E-state index contributed by atoms with van der Waals surface area (Å²) >= 11 is 0. The number of hydrazine groups is 1. The lowest BCUT2D eigenvalue weighted by Gasteiger charge is -2.17. The molecule has 1 aromatic heterocycles. The van der Waals surface area contributed by atoms with E-state index in [0.717, 1.165) is 5.39 Å². The van der Waals surface area contributed by atoms with Gasteiger partial charge < -0.3 is 4.52 Å². The highest BCUT2D eigenvalue weighted by Gasteiger charge is 2.28. The molecule has 0 spiro atoms. The first kappa shape index (κ1) is 14.6. The Morgan fingerprint density at radius 1 is 1.09 bits per heavy atom. The lowest BCUT2D eigenvalue weighted by molar-refractivity contribution is 0.419. The van der Waals surface area contributed by atoms with Gasteiger partial charge in [-0.2, -0.15) is 12.8 Å². The van der Waals surface area contributed by atoms with Crippen LogP contribution in [0.4, 0.5) is 5.88 Å². The van der Waals surface area contributed by atoms with Gasteiger partial charge in [0.15, 0.2) is 0 Å². The lowest BCUT2D eigenvalue weighted by Crippen LogP contribution is -2.37. The summed E-state index contributed by atoms with van der Waals surface area (Å²) in [5.74, 6) is 5.84. The van der Waals surface area contributed by atoms with Crippen LogP contribution in [0.3, 0.4) is 0 Å². The van der Waals surface area contributed by atoms with Crippen LogP contribution >= 0.6 is 0 Å². The second kappa shape index (κ2) is 5.11. The Kier molecular flexibility index (Phi) is 3.38. The fourth-order valence-corrected chi connectivity index (χ4v) is 3.56. The summed E-state index contributed by atoms with van der Waals surface area (Å²) in [5.41, 5.74) is 1.19. The van der Waals surface area contributed by atoms with Gasteiger partial charge in [-0.1, -0.05) is 41.6 Å². The molecule has 0 amide bonds. The van der Waals surface area contributed by atoms with Crippen LogP contribution in [0.25, 0.3) is 10.8 Å². The van der Waals surface area contributed by atoms with Crippen LogP contribution in [0.15, 0.2) is 51.9 Å². The van der Waals surface area contributed by atoms with E-state index in [1.54, 1.807) is 32.0 Å². The second-order valence-corrected chi connectivity index (χ2v) is 6.76. The normalized spacial score (nSPS) is 11.8. The summed E-state index contributed by atoms with van der Waals surface area (Å²) < 4.78 is 31.3. The van der Waals surface area contributed by atoms with Crippen molar-refractivity contribution in [2.75, 3.05) is 4.41 Å². The van der Waals surface area contributed by atoms with Crippen LogP contribution in [0.1, 0.15) is 11.3 Å². The maximum atomic E-state index is 12.8. The second-order valence-electron chi connectivity index (χ2n) is 4.98. The monoisotopic (exact) mass is 317 g/mol. The first-order chi connectivity index (χ1) is 10.4. The molecule has 3 rings (SSSR count). The molecule has 0 saturated heterocycles. The maximum Gasteiger partial charge on any atom is 0.280 e. The van der Waals surface area contributed by atoms with E-state index < -0.39 is 10.0 Å². The molecule has 0 radical (unpaired) electrons. The summed E-state index contributed by atoms with van der Waals surface area (Å²) in [6.07, 6.45) is 0. The molecule has 0 unspecified atom stereocenters. The molecule has 1 heterocycles. The molecule has 0 aliphatic heterocycles. The number of rotatable bonds is 3. The van der Waals surface area contributed by atoms with Gasteiger partial charge in [0.05, 0.1) is 10.6 Å². The zero-order chi connectivity index (χ0) is 15.9. The quantitative estimate of drug-likeness (QED) is 0.592. The molecule has 2 aromatic carbocycles. The predicted molar refractivity (Wildman–Crippen MR) is 83.8 cm³/mol. The summed E-state index contributed by atoms with van der Waals surface area (Å²) in [6, 6.07) is 12.3.